The van der Waals surface area contributed by atoms with Crippen molar-refractivity contribution in [1.82, 2.24) is 5.43 Å². The van der Waals surface area contributed by atoms with Gasteiger partial charge in [-0.1, -0.05) is 0 Å². The molecule has 7 heteroatoms. The van der Waals surface area contributed by atoms with Crippen LogP contribution >= 0.6 is 0 Å². The molecular weight excluding hydrogens is 310 g/mol. The lowest BCUT2D eigenvalue weighted by atomic mass is 10.2. The first-order chi connectivity index (χ1) is 11.6. The van der Waals surface area contributed by atoms with E-state index in [1.165, 1.54) is 13.1 Å². The summed E-state index contributed by atoms with van der Waals surface area (Å²) in [7, 11) is 0. The van der Waals surface area contributed by atoms with Crippen LogP contribution in [0.4, 0.5) is 5.69 Å². The van der Waals surface area contributed by atoms with E-state index in [-0.39, 0.29) is 18.6 Å². The summed E-state index contributed by atoms with van der Waals surface area (Å²) in [6.07, 6.45) is 1.52. The van der Waals surface area contributed by atoms with E-state index >= 15 is 0 Å². The zero-order chi connectivity index (χ0) is 16.9. The van der Waals surface area contributed by atoms with Gasteiger partial charge in [-0.3, -0.25) is 9.59 Å². The van der Waals surface area contributed by atoms with E-state index in [1.807, 2.05) is 6.07 Å². The topological polar surface area (TPSA) is 89.0 Å². The maximum absolute atomic E-state index is 12.0. The van der Waals surface area contributed by atoms with Gasteiger partial charge in [0.1, 0.15) is 0 Å². The Morgan fingerprint density at radius 2 is 1.83 bits per heavy atom. The second kappa shape index (κ2) is 6.82. The van der Waals surface area contributed by atoms with Crippen molar-refractivity contribution < 1.29 is 19.1 Å². The molecule has 0 atom stereocenters. The van der Waals surface area contributed by atoms with E-state index in [9.17, 15) is 9.59 Å². The van der Waals surface area contributed by atoms with Crippen LogP contribution in [0.15, 0.2) is 47.6 Å². The first-order valence-electron chi connectivity index (χ1n) is 7.22. The Morgan fingerprint density at radius 1 is 1.08 bits per heavy atom. The molecule has 0 bridgehead atoms. The average Bonchev–Trinajstić information content (AvgIpc) is 3.02. The second-order valence-corrected chi connectivity index (χ2v) is 5.07. The molecule has 2 N–H and O–H groups in total. The SMILES string of the molecule is CC(=O)Nc1ccc(C(=O)N/N=C\c2ccc3c(c2)OCO3)cc1. The molecule has 0 radical (unpaired) electrons. The average molecular weight is 325 g/mol. The molecule has 0 saturated carbocycles. The third-order valence-corrected chi connectivity index (χ3v) is 3.24. The summed E-state index contributed by atoms with van der Waals surface area (Å²) in [5.41, 5.74) is 4.29. The molecular formula is C17H15N3O4. The molecule has 0 fully saturated rings. The fourth-order valence-electron chi connectivity index (χ4n) is 2.13. The highest BCUT2D eigenvalue weighted by atomic mass is 16.7. The number of hydrogen-bond donors (Lipinski definition) is 2. The van der Waals surface area contributed by atoms with Gasteiger partial charge in [-0.15, -0.1) is 0 Å². The number of carbonyl (C=O) groups excluding carboxylic acids is 2. The molecule has 0 aromatic heterocycles. The van der Waals surface area contributed by atoms with Crippen molar-refractivity contribution in [2.75, 3.05) is 12.1 Å². The predicted octanol–water partition coefficient (Wildman–Crippen LogP) is 2.14. The van der Waals surface area contributed by atoms with Gasteiger partial charge in [-0.25, -0.2) is 5.43 Å². The van der Waals surface area contributed by atoms with Crippen molar-refractivity contribution in [2.24, 2.45) is 5.10 Å². The van der Waals surface area contributed by atoms with Gasteiger partial charge < -0.3 is 14.8 Å². The number of fused-ring (bicyclic) bond motifs is 1. The van der Waals surface area contributed by atoms with Crippen molar-refractivity contribution in [2.45, 2.75) is 6.92 Å². The van der Waals surface area contributed by atoms with Gasteiger partial charge in [0.2, 0.25) is 12.7 Å². The Labute approximate surface area is 138 Å². The summed E-state index contributed by atoms with van der Waals surface area (Å²) in [6.45, 7) is 1.63. The summed E-state index contributed by atoms with van der Waals surface area (Å²) < 4.78 is 10.5. The van der Waals surface area contributed by atoms with Crippen molar-refractivity contribution >= 4 is 23.7 Å². The van der Waals surface area contributed by atoms with Crippen LogP contribution in [0.5, 0.6) is 11.5 Å². The summed E-state index contributed by atoms with van der Waals surface area (Å²) in [6, 6.07) is 11.9. The van der Waals surface area contributed by atoms with E-state index in [1.54, 1.807) is 36.4 Å². The quantitative estimate of drug-likeness (QED) is 0.666. The molecule has 1 aliphatic rings. The monoisotopic (exact) mass is 325 g/mol. The van der Waals surface area contributed by atoms with E-state index in [0.717, 1.165) is 5.56 Å². The summed E-state index contributed by atoms with van der Waals surface area (Å²) in [4.78, 5) is 23.0. The molecule has 0 unspecified atom stereocenters. The highest BCUT2D eigenvalue weighted by Gasteiger charge is 2.12. The molecule has 0 saturated heterocycles. The number of carbonyl (C=O) groups is 2. The molecule has 3 rings (SSSR count). The number of amides is 2. The molecule has 0 spiro atoms. The molecule has 1 aliphatic heterocycles. The number of ether oxygens (including phenoxy) is 2. The summed E-state index contributed by atoms with van der Waals surface area (Å²) in [5.74, 6) is 0.830. The van der Waals surface area contributed by atoms with E-state index in [0.29, 0.717) is 22.7 Å². The number of nitrogens with one attached hydrogen (secondary N) is 2. The molecule has 7 nitrogen and oxygen atoms in total. The summed E-state index contributed by atoms with van der Waals surface area (Å²) >= 11 is 0. The third-order valence-electron chi connectivity index (χ3n) is 3.24. The number of rotatable bonds is 4. The second-order valence-electron chi connectivity index (χ2n) is 5.07. The maximum atomic E-state index is 12.0. The Hall–Kier alpha value is -3.35. The fourth-order valence-corrected chi connectivity index (χ4v) is 2.13. The van der Waals surface area contributed by atoms with Crippen molar-refractivity contribution in [3.05, 3.63) is 53.6 Å². The maximum Gasteiger partial charge on any atom is 0.271 e. The fraction of sp³-hybridized carbons (Fsp3) is 0.118. The highest BCUT2D eigenvalue weighted by molar-refractivity contribution is 5.96. The Kier molecular flexibility index (Phi) is 4.42. The molecule has 1 heterocycles. The van der Waals surface area contributed by atoms with Gasteiger partial charge in [-0.2, -0.15) is 5.10 Å². The molecule has 2 aromatic carbocycles. The molecule has 122 valence electrons. The van der Waals surface area contributed by atoms with Gasteiger partial charge in [0, 0.05) is 18.2 Å². The van der Waals surface area contributed by atoms with Crippen LogP contribution in [0.25, 0.3) is 0 Å². The number of hydrazone groups is 1. The Bertz CT molecular complexity index is 800. The number of hydrogen-bond acceptors (Lipinski definition) is 5. The van der Waals surface area contributed by atoms with Crippen LogP contribution in [-0.2, 0) is 4.79 Å². The molecule has 2 aromatic rings. The van der Waals surface area contributed by atoms with Crippen LogP contribution in [-0.4, -0.2) is 24.8 Å². The van der Waals surface area contributed by atoms with Gasteiger partial charge >= 0.3 is 0 Å². The Balaban J connectivity index is 1.59. The van der Waals surface area contributed by atoms with Crippen LogP contribution in [0.2, 0.25) is 0 Å². The first kappa shape index (κ1) is 15.5. The zero-order valence-corrected chi connectivity index (χ0v) is 12.9. The molecule has 2 amide bonds. The predicted molar refractivity (Wildman–Crippen MR) is 88.4 cm³/mol. The van der Waals surface area contributed by atoms with Gasteiger partial charge in [-0.05, 0) is 48.0 Å². The standard InChI is InChI=1S/C17H15N3O4/c1-11(21)19-14-5-3-13(4-6-14)17(22)20-18-9-12-2-7-15-16(8-12)24-10-23-15/h2-9H,10H2,1H3,(H,19,21)(H,20,22)/b18-9-. The van der Waals surface area contributed by atoms with E-state index < -0.39 is 0 Å². The molecule has 0 aliphatic carbocycles. The minimum atomic E-state index is -0.346. The smallest absolute Gasteiger partial charge is 0.271 e. The van der Waals surface area contributed by atoms with Gasteiger partial charge in [0.25, 0.3) is 5.91 Å². The lowest BCUT2D eigenvalue weighted by Crippen LogP contribution is -2.17. The number of benzene rings is 2. The first-order valence-corrected chi connectivity index (χ1v) is 7.22. The highest BCUT2D eigenvalue weighted by Crippen LogP contribution is 2.31. The van der Waals surface area contributed by atoms with Crippen molar-refractivity contribution in [3.8, 4) is 11.5 Å². The normalized spacial score (nSPS) is 12.2. The third kappa shape index (κ3) is 3.70. The van der Waals surface area contributed by atoms with Crippen LogP contribution < -0.4 is 20.2 Å². The van der Waals surface area contributed by atoms with Gasteiger partial charge in [0.15, 0.2) is 11.5 Å². The van der Waals surface area contributed by atoms with Crippen LogP contribution in [0.3, 0.4) is 0 Å². The van der Waals surface area contributed by atoms with E-state index in [4.69, 9.17) is 9.47 Å². The van der Waals surface area contributed by atoms with Crippen LogP contribution in [0, 0.1) is 0 Å². The zero-order valence-electron chi connectivity index (χ0n) is 12.9. The lowest BCUT2D eigenvalue weighted by Gasteiger charge is -2.03. The van der Waals surface area contributed by atoms with Crippen molar-refractivity contribution in [3.63, 3.8) is 0 Å². The molecule has 24 heavy (non-hydrogen) atoms. The van der Waals surface area contributed by atoms with Crippen LogP contribution in [0.1, 0.15) is 22.8 Å². The number of anilines is 1. The number of nitrogens with zero attached hydrogens (tertiary/aromatic N) is 1. The van der Waals surface area contributed by atoms with Gasteiger partial charge in [0.05, 0.1) is 6.21 Å². The Morgan fingerprint density at radius 3 is 2.58 bits per heavy atom. The lowest BCUT2D eigenvalue weighted by molar-refractivity contribution is -0.114. The van der Waals surface area contributed by atoms with Crippen molar-refractivity contribution in [1.29, 1.82) is 0 Å². The summed E-state index contributed by atoms with van der Waals surface area (Å²) in [5, 5.41) is 6.56. The minimum absolute atomic E-state index is 0.166. The van der Waals surface area contributed by atoms with E-state index in [2.05, 4.69) is 15.8 Å². The largest absolute Gasteiger partial charge is 0.454 e. The minimum Gasteiger partial charge on any atom is -0.454 e.